The molecule has 2 fully saturated rings. The molecule has 1 atom stereocenters. The minimum absolute atomic E-state index is 0.495. The zero-order valence-corrected chi connectivity index (χ0v) is 16.1. The summed E-state index contributed by atoms with van der Waals surface area (Å²) in [5.41, 5.74) is 2.57. The molecule has 1 N–H and O–H groups in total. The number of nitrogens with one attached hydrogen (secondary N) is 1. The summed E-state index contributed by atoms with van der Waals surface area (Å²) in [5.74, 6) is 0.840. The van der Waals surface area contributed by atoms with Gasteiger partial charge in [-0.25, -0.2) is 4.98 Å². The molecular formula is C21H24N4OS. The highest BCUT2D eigenvalue weighted by Gasteiger charge is 2.56. The second-order valence-corrected chi connectivity index (χ2v) is 8.69. The molecule has 140 valence electrons. The number of rotatable bonds is 6. The van der Waals surface area contributed by atoms with E-state index in [4.69, 9.17) is 4.52 Å². The molecule has 1 aromatic carbocycles. The molecule has 1 spiro atoms. The predicted molar refractivity (Wildman–Crippen MR) is 106 cm³/mol. The largest absolute Gasteiger partial charge is 0.356 e. The van der Waals surface area contributed by atoms with E-state index in [1.165, 1.54) is 24.3 Å². The zero-order chi connectivity index (χ0) is 18.1. The molecule has 1 saturated heterocycles. The molecule has 1 saturated carbocycles. The summed E-state index contributed by atoms with van der Waals surface area (Å²) in [7, 11) is 0. The highest BCUT2D eigenvalue weighted by atomic mass is 32.1. The first-order valence-corrected chi connectivity index (χ1v) is 10.5. The first-order valence-electron chi connectivity index (χ1n) is 9.67. The third-order valence-corrected chi connectivity index (χ3v) is 6.76. The van der Waals surface area contributed by atoms with E-state index in [0.29, 0.717) is 11.5 Å². The summed E-state index contributed by atoms with van der Waals surface area (Å²) in [6.45, 7) is 3.99. The number of hydrogen-bond acceptors (Lipinski definition) is 6. The van der Waals surface area contributed by atoms with E-state index in [0.717, 1.165) is 43.2 Å². The van der Waals surface area contributed by atoms with E-state index < -0.39 is 0 Å². The SMILES string of the molecule is c1ccc(-c2cc(CN(Cc3nccs3)C3CC34CCNCC4)no2)cc1. The fourth-order valence-electron chi connectivity index (χ4n) is 4.42. The maximum absolute atomic E-state index is 5.62. The predicted octanol–water partition coefficient (Wildman–Crippen LogP) is 3.94. The van der Waals surface area contributed by atoms with Gasteiger partial charge in [0.1, 0.15) is 5.01 Å². The summed E-state index contributed by atoms with van der Waals surface area (Å²) in [6.07, 6.45) is 5.75. The van der Waals surface area contributed by atoms with Gasteiger partial charge in [-0.1, -0.05) is 35.5 Å². The Balaban J connectivity index is 1.34. The lowest BCUT2D eigenvalue weighted by atomic mass is 9.93. The molecule has 27 heavy (non-hydrogen) atoms. The van der Waals surface area contributed by atoms with Gasteiger partial charge in [0.2, 0.25) is 0 Å². The van der Waals surface area contributed by atoms with Crippen LogP contribution in [0.4, 0.5) is 0 Å². The van der Waals surface area contributed by atoms with E-state index in [9.17, 15) is 0 Å². The van der Waals surface area contributed by atoms with Crippen molar-refractivity contribution >= 4 is 11.3 Å². The van der Waals surface area contributed by atoms with E-state index in [1.807, 2.05) is 24.4 Å². The van der Waals surface area contributed by atoms with Crippen LogP contribution in [0, 0.1) is 5.41 Å². The van der Waals surface area contributed by atoms with Gasteiger partial charge in [-0.15, -0.1) is 11.3 Å². The maximum Gasteiger partial charge on any atom is 0.167 e. The van der Waals surface area contributed by atoms with Crippen molar-refractivity contribution in [3.05, 3.63) is 58.7 Å². The van der Waals surface area contributed by atoms with E-state index in [2.05, 4.69) is 43.9 Å². The van der Waals surface area contributed by atoms with Crippen LogP contribution in [0.5, 0.6) is 0 Å². The number of piperidine rings is 1. The van der Waals surface area contributed by atoms with Gasteiger partial charge in [0.05, 0.1) is 12.2 Å². The topological polar surface area (TPSA) is 54.2 Å². The number of benzene rings is 1. The van der Waals surface area contributed by atoms with Crippen molar-refractivity contribution in [3.8, 4) is 11.3 Å². The second-order valence-electron chi connectivity index (χ2n) is 7.71. The number of thiazole rings is 1. The molecule has 5 nitrogen and oxygen atoms in total. The summed E-state index contributed by atoms with van der Waals surface area (Å²) in [4.78, 5) is 7.08. The molecule has 0 radical (unpaired) electrons. The lowest BCUT2D eigenvalue weighted by Crippen LogP contribution is -2.35. The van der Waals surface area contributed by atoms with Crippen LogP contribution in [0.2, 0.25) is 0 Å². The molecule has 5 rings (SSSR count). The highest BCUT2D eigenvalue weighted by molar-refractivity contribution is 7.09. The molecule has 3 heterocycles. The lowest BCUT2D eigenvalue weighted by molar-refractivity contribution is 0.183. The van der Waals surface area contributed by atoms with Crippen molar-refractivity contribution < 1.29 is 4.52 Å². The van der Waals surface area contributed by atoms with Crippen molar-refractivity contribution in [3.63, 3.8) is 0 Å². The van der Waals surface area contributed by atoms with Gasteiger partial charge in [0.15, 0.2) is 5.76 Å². The Hall–Kier alpha value is -2.02. The molecule has 2 aliphatic rings. The molecule has 1 aliphatic heterocycles. The van der Waals surface area contributed by atoms with Crippen LogP contribution in [-0.4, -0.2) is 34.2 Å². The fourth-order valence-corrected chi connectivity index (χ4v) is 5.06. The Kier molecular flexibility index (Phi) is 4.55. The van der Waals surface area contributed by atoms with Gasteiger partial charge in [0.25, 0.3) is 0 Å². The van der Waals surface area contributed by atoms with E-state index in [-0.39, 0.29) is 0 Å². The molecule has 0 bridgehead atoms. The Morgan fingerprint density at radius 3 is 2.81 bits per heavy atom. The molecule has 1 aliphatic carbocycles. The van der Waals surface area contributed by atoms with Crippen LogP contribution in [0.3, 0.4) is 0 Å². The Labute approximate surface area is 163 Å². The maximum atomic E-state index is 5.62. The van der Waals surface area contributed by atoms with Crippen LogP contribution in [0.25, 0.3) is 11.3 Å². The van der Waals surface area contributed by atoms with Gasteiger partial charge in [-0.05, 0) is 37.8 Å². The van der Waals surface area contributed by atoms with Crippen molar-refractivity contribution in [2.75, 3.05) is 13.1 Å². The van der Waals surface area contributed by atoms with E-state index >= 15 is 0 Å². The van der Waals surface area contributed by atoms with Gasteiger partial charge in [0, 0.05) is 35.8 Å². The van der Waals surface area contributed by atoms with Crippen LogP contribution in [0.1, 0.15) is 30.0 Å². The van der Waals surface area contributed by atoms with Gasteiger partial charge in [-0.2, -0.15) is 0 Å². The molecular weight excluding hydrogens is 356 g/mol. The quantitative estimate of drug-likeness (QED) is 0.702. The van der Waals surface area contributed by atoms with Crippen LogP contribution in [-0.2, 0) is 13.1 Å². The highest BCUT2D eigenvalue weighted by Crippen LogP contribution is 2.56. The molecule has 0 amide bonds. The standard InChI is InChI=1S/C21H24N4OS/c1-2-4-16(5-3-1)18-12-17(24-26-18)14-25(15-20-23-10-11-27-20)19-13-21(19)6-8-22-9-7-21/h1-5,10-12,19,22H,6-9,13-15H2. The average Bonchev–Trinajstić information content (AvgIpc) is 3.10. The number of nitrogens with zero attached hydrogens (tertiary/aromatic N) is 3. The summed E-state index contributed by atoms with van der Waals surface area (Å²) in [5, 5.41) is 11.1. The molecule has 1 unspecified atom stereocenters. The van der Waals surface area contributed by atoms with Gasteiger partial charge in [-0.3, -0.25) is 4.90 Å². The molecule has 6 heteroatoms. The average molecular weight is 381 g/mol. The third-order valence-electron chi connectivity index (χ3n) is 5.99. The number of hydrogen-bond donors (Lipinski definition) is 1. The van der Waals surface area contributed by atoms with Gasteiger partial charge < -0.3 is 9.84 Å². The second kappa shape index (κ2) is 7.19. The summed E-state index contributed by atoms with van der Waals surface area (Å²) >= 11 is 1.74. The first kappa shape index (κ1) is 17.1. The van der Waals surface area contributed by atoms with Crippen LogP contribution >= 0.6 is 11.3 Å². The third kappa shape index (κ3) is 3.57. The minimum Gasteiger partial charge on any atom is -0.356 e. The first-order chi connectivity index (χ1) is 13.3. The zero-order valence-electron chi connectivity index (χ0n) is 15.3. The Morgan fingerprint density at radius 1 is 1.19 bits per heavy atom. The van der Waals surface area contributed by atoms with Crippen LogP contribution < -0.4 is 5.32 Å². The smallest absolute Gasteiger partial charge is 0.167 e. The van der Waals surface area contributed by atoms with E-state index in [1.54, 1.807) is 11.3 Å². The van der Waals surface area contributed by atoms with Crippen LogP contribution in [0.15, 0.2) is 52.5 Å². The molecule has 3 aromatic rings. The summed E-state index contributed by atoms with van der Waals surface area (Å²) < 4.78 is 5.62. The fraction of sp³-hybridized carbons (Fsp3) is 0.429. The Morgan fingerprint density at radius 2 is 2.04 bits per heavy atom. The van der Waals surface area contributed by atoms with Crippen molar-refractivity contribution in [2.24, 2.45) is 5.41 Å². The Bertz CT molecular complexity index is 871. The monoisotopic (exact) mass is 380 g/mol. The van der Waals surface area contributed by atoms with Crippen molar-refractivity contribution in [1.29, 1.82) is 0 Å². The lowest BCUT2D eigenvalue weighted by Gasteiger charge is -2.28. The van der Waals surface area contributed by atoms with Crippen molar-refractivity contribution in [1.82, 2.24) is 20.4 Å². The molecule has 2 aromatic heterocycles. The number of aromatic nitrogens is 2. The summed E-state index contributed by atoms with van der Waals surface area (Å²) in [6, 6.07) is 12.9. The minimum atomic E-state index is 0.495. The van der Waals surface area contributed by atoms with Gasteiger partial charge >= 0.3 is 0 Å². The van der Waals surface area contributed by atoms with Crippen molar-refractivity contribution in [2.45, 2.75) is 38.4 Å². The normalized spacial score (nSPS) is 21.0.